The van der Waals surface area contributed by atoms with Gasteiger partial charge in [-0.3, -0.25) is 9.78 Å². The number of nitrogens with zero attached hydrogens (tertiary/aromatic N) is 1. The van der Waals surface area contributed by atoms with Gasteiger partial charge in [0.1, 0.15) is 0 Å². The maximum atomic E-state index is 13.2. The number of pyridine rings is 1. The van der Waals surface area contributed by atoms with Crippen molar-refractivity contribution in [3.05, 3.63) is 28.3 Å². The summed E-state index contributed by atoms with van der Waals surface area (Å²) in [7, 11) is 0. The number of ether oxygens (including phenoxy) is 1. The van der Waals surface area contributed by atoms with E-state index in [1.807, 2.05) is 6.92 Å². The first-order chi connectivity index (χ1) is 8.02. The third kappa shape index (κ3) is 2.94. The van der Waals surface area contributed by atoms with Gasteiger partial charge in [-0.25, -0.2) is 4.39 Å². The number of aromatic nitrogens is 1. The highest BCUT2D eigenvalue weighted by atomic mass is 35.5. The fourth-order valence-corrected chi connectivity index (χ4v) is 1.78. The number of carbonyl (C=O) groups excluding carboxylic acids is 1. The molecule has 0 aliphatic heterocycles. The molecule has 1 unspecified atom stereocenters. The molecule has 0 spiro atoms. The van der Waals surface area contributed by atoms with Crippen LogP contribution in [0.3, 0.4) is 0 Å². The lowest BCUT2D eigenvalue weighted by atomic mass is 9.98. The van der Waals surface area contributed by atoms with E-state index in [1.165, 1.54) is 0 Å². The maximum Gasteiger partial charge on any atom is 0.315 e. The minimum atomic E-state index is -0.577. The predicted molar refractivity (Wildman–Crippen MR) is 63.6 cm³/mol. The van der Waals surface area contributed by atoms with Gasteiger partial charge in [0.15, 0.2) is 5.82 Å². The molecule has 0 amide bonds. The average molecular weight is 260 g/mol. The fraction of sp³-hybridized carbons (Fsp3) is 0.500. The summed E-state index contributed by atoms with van der Waals surface area (Å²) in [6.45, 7) is 5.54. The number of hydrogen-bond donors (Lipinski definition) is 0. The van der Waals surface area contributed by atoms with E-state index in [1.54, 1.807) is 13.8 Å². The summed E-state index contributed by atoms with van der Waals surface area (Å²) in [4.78, 5) is 15.7. The van der Waals surface area contributed by atoms with Crippen molar-refractivity contribution in [2.24, 2.45) is 0 Å². The molecule has 0 N–H and O–H groups in total. The van der Waals surface area contributed by atoms with Crippen LogP contribution < -0.4 is 0 Å². The highest BCUT2D eigenvalue weighted by Gasteiger charge is 2.25. The molecule has 1 rings (SSSR count). The monoisotopic (exact) mass is 259 g/mol. The van der Waals surface area contributed by atoms with Crippen LogP contribution in [0.5, 0.6) is 0 Å². The minimum absolute atomic E-state index is 0.0118. The molecule has 5 heteroatoms. The molecule has 0 aliphatic carbocycles. The maximum absolute atomic E-state index is 13.2. The molecule has 0 saturated carbocycles. The number of halogens is 2. The quantitative estimate of drug-likeness (QED) is 0.780. The van der Waals surface area contributed by atoms with Crippen LogP contribution in [0.15, 0.2) is 6.20 Å². The Balaban J connectivity index is 3.13. The van der Waals surface area contributed by atoms with Crippen LogP contribution in [-0.4, -0.2) is 17.6 Å². The van der Waals surface area contributed by atoms with Crippen molar-refractivity contribution < 1.29 is 13.9 Å². The van der Waals surface area contributed by atoms with Gasteiger partial charge in [0, 0.05) is 0 Å². The van der Waals surface area contributed by atoms with E-state index in [0.29, 0.717) is 24.3 Å². The largest absolute Gasteiger partial charge is 0.465 e. The molecule has 0 bridgehead atoms. The molecule has 1 aromatic rings. The van der Waals surface area contributed by atoms with E-state index in [9.17, 15) is 9.18 Å². The van der Waals surface area contributed by atoms with Gasteiger partial charge < -0.3 is 4.74 Å². The lowest BCUT2D eigenvalue weighted by Crippen LogP contribution is -2.18. The summed E-state index contributed by atoms with van der Waals surface area (Å²) in [5, 5.41) is 0.0118. The number of rotatable bonds is 4. The summed E-state index contributed by atoms with van der Waals surface area (Å²) in [5.74, 6) is -1.42. The Hall–Kier alpha value is -1.16. The normalized spacial score (nSPS) is 12.3. The zero-order valence-corrected chi connectivity index (χ0v) is 10.8. The Morgan fingerprint density at radius 1 is 1.59 bits per heavy atom. The zero-order chi connectivity index (χ0) is 13.0. The van der Waals surface area contributed by atoms with Gasteiger partial charge in [0.05, 0.1) is 29.4 Å². The van der Waals surface area contributed by atoms with Gasteiger partial charge in [-0.1, -0.05) is 18.5 Å². The Morgan fingerprint density at radius 2 is 2.24 bits per heavy atom. The van der Waals surface area contributed by atoms with Crippen molar-refractivity contribution in [1.82, 2.24) is 4.98 Å². The van der Waals surface area contributed by atoms with Crippen LogP contribution in [0.2, 0.25) is 5.02 Å². The second-order valence-electron chi connectivity index (χ2n) is 3.64. The number of esters is 1. The van der Waals surface area contributed by atoms with E-state index >= 15 is 0 Å². The first-order valence-electron chi connectivity index (χ1n) is 5.50. The van der Waals surface area contributed by atoms with Gasteiger partial charge >= 0.3 is 5.97 Å². The van der Waals surface area contributed by atoms with Crippen LogP contribution in [0.25, 0.3) is 0 Å². The minimum Gasteiger partial charge on any atom is -0.465 e. The van der Waals surface area contributed by atoms with E-state index in [-0.39, 0.29) is 11.0 Å². The van der Waals surface area contributed by atoms with Gasteiger partial charge in [-0.15, -0.1) is 0 Å². The van der Waals surface area contributed by atoms with Crippen LogP contribution in [-0.2, 0) is 9.53 Å². The standard InChI is InChI=1S/C12H15ClFNO2/c1-4-8(12(16)17-5-2)11-7(3)10(13)9(14)6-15-11/h6,8H,4-5H2,1-3H3. The Kier molecular flexibility index (Phi) is 4.87. The molecule has 1 heterocycles. The van der Waals surface area contributed by atoms with E-state index in [0.717, 1.165) is 6.20 Å². The van der Waals surface area contributed by atoms with E-state index in [4.69, 9.17) is 16.3 Å². The second kappa shape index (κ2) is 5.96. The van der Waals surface area contributed by atoms with Gasteiger partial charge in [0.25, 0.3) is 0 Å². The summed E-state index contributed by atoms with van der Waals surface area (Å²) < 4.78 is 18.1. The van der Waals surface area contributed by atoms with Crippen LogP contribution in [0, 0.1) is 12.7 Å². The van der Waals surface area contributed by atoms with Crippen molar-refractivity contribution >= 4 is 17.6 Å². The second-order valence-corrected chi connectivity index (χ2v) is 4.02. The lowest BCUT2D eigenvalue weighted by Gasteiger charge is -2.15. The molecule has 0 aromatic carbocycles. The van der Waals surface area contributed by atoms with Gasteiger partial charge in [-0.05, 0) is 25.8 Å². The molecule has 0 aliphatic rings. The summed E-state index contributed by atoms with van der Waals surface area (Å²) in [6, 6.07) is 0. The first-order valence-corrected chi connectivity index (χ1v) is 5.87. The highest BCUT2D eigenvalue weighted by Crippen LogP contribution is 2.28. The van der Waals surface area contributed by atoms with Crippen LogP contribution in [0.1, 0.15) is 37.4 Å². The van der Waals surface area contributed by atoms with Crippen molar-refractivity contribution in [2.75, 3.05) is 6.61 Å². The van der Waals surface area contributed by atoms with Crippen molar-refractivity contribution in [3.63, 3.8) is 0 Å². The number of carbonyl (C=O) groups is 1. The predicted octanol–water partition coefficient (Wildman–Crippen LogP) is 3.24. The van der Waals surface area contributed by atoms with Gasteiger partial charge in [0.2, 0.25) is 0 Å². The van der Waals surface area contributed by atoms with Crippen LogP contribution in [0.4, 0.5) is 4.39 Å². The molecule has 0 fully saturated rings. The zero-order valence-electron chi connectivity index (χ0n) is 10.1. The molecule has 94 valence electrons. The molecule has 0 saturated heterocycles. The Morgan fingerprint density at radius 3 is 2.76 bits per heavy atom. The van der Waals surface area contributed by atoms with Crippen LogP contribution >= 0.6 is 11.6 Å². The summed E-state index contributed by atoms with van der Waals surface area (Å²) in [6.07, 6.45) is 1.57. The molecular formula is C12H15ClFNO2. The molecule has 17 heavy (non-hydrogen) atoms. The lowest BCUT2D eigenvalue weighted by molar-refractivity contribution is -0.145. The fourth-order valence-electron chi connectivity index (χ4n) is 1.64. The smallest absolute Gasteiger partial charge is 0.315 e. The Bertz CT molecular complexity index is 423. The topological polar surface area (TPSA) is 39.2 Å². The SMILES string of the molecule is CCOC(=O)C(CC)c1ncc(F)c(Cl)c1C. The van der Waals surface area contributed by atoms with E-state index < -0.39 is 11.7 Å². The summed E-state index contributed by atoms with van der Waals surface area (Å²) in [5.41, 5.74) is 0.976. The van der Waals surface area contributed by atoms with Crippen molar-refractivity contribution in [3.8, 4) is 0 Å². The third-order valence-electron chi connectivity index (χ3n) is 2.55. The van der Waals surface area contributed by atoms with Crippen molar-refractivity contribution in [2.45, 2.75) is 33.1 Å². The molecule has 3 nitrogen and oxygen atoms in total. The average Bonchev–Trinajstić information content (AvgIpc) is 2.30. The molecule has 0 radical (unpaired) electrons. The van der Waals surface area contributed by atoms with Gasteiger partial charge in [-0.2, -0.15) is 0 Å². The molecule has 1 atom stereocenters. The van der Waals surface area contributed by atoms with Crippen molar-refractivity contribution in [1.29, 1.82) is 0 Å². The van der Waals surface area contributed by atoms with E-state index in [2.05, 4.69) is 4.98 Å². The Labute approximate surface area is 105 Å². The summed E-state index contributed by atoms with van der Waals surface area (Å²) >= 11 is 5.80. The first kappa shape index (κ1) is 13.9. The number of hydrogen-bond acceptors (Lipinski definition) is 3. The highest BCUT2D eigenvalue weighted by molar-refractivity contribution is 6.31. The molecule has 1 aromatic heterocycles. The molecular weight excluding hydrogens is 245 g/mol. The third-order valence-corrected chi connectivity index (χ3v) is 3.01.